The Balaban J connectivity index is 2.14. The maximum Gasteiger partial charge on any atom is 0.0957 e. The molecule has 3 atom stereocenters. The molecule has 1 aromatic rings. The van der Waals surface area contributed by atoms with Gasteiger partial charge in [0.25, 0.3) is 0 Å². The van der Waals surface area contributed by atoms with Crippen LogP contribution < -0.4 is 4.90 Å². The Kier molecular flexibility index (Phi) is 4.19. The van der Waals surface area contributed by atoms with Gasteiger partial charge in [-0.3, -0.25) is 4.98 Å². The van der Waals surface area contributed by atoms with Gasteiger partial charge in [-0.05, 0) is 30.9 Å². The zero-order chi connectivity index (χ0) is 13.1. The Bertz CT molecular complexity index is 380. The van der Waals surface area contributed by atoms with Crippen LogP contribution in [-0.2, 0) is 0 Å². The van der Waals surface area contributed by atoms with E-state index in [1.165, 1.54) is 0 Å². The van der Waals surface area contributed by atoms with Gasteiger partial charge >= 0.3 is 0 Å². The standard InChI is InChI=1S/C14H22N2O2/c1-3-14(18)12-5-4-11(8-15-12)16-7-6-10(2)13(16)9-17/h4-5,8,10,13-14,17-18H,3,6-7,9H2,1-2H3/t10?,13?,14-/m0/s1. The maximum atomic E-state index is 9.71. The number of aliphatic hydroxyl groups excluding tert-OH is 2. The van der Waals surface area contributed by atoms with Gasteiger partial charge in [-0.25, -0.2) is 0 Å². The Morgan fingerprint density at radius 2 is 2.28 bits per heavy atom. The van der Waals surface area contributed by atoms with E-state index in [2.05, 4.69) is 16.8 Å². The largest absolute Gasteiger partial charge is 0.394 e. The average Bonchev–Trinajstić information content (AvgIpc) is 2.79. The number of anilines is 1. The third-order valence-corrected chi connectivity index (χ3v) is 3.90. The molecule has 1 aliphatic heterocycles. The van der Waals surface area contributed by atoms with Crippen LogP contribution in [0.25, 0.3) is 0 Å². The molecule has 2 unspecified atom stereocenters. The molecule has 0 radical (unpaired) electrons. The Hall–Kier alpha value is -1.13. The molecule has 0 aromatic carbocycles. The van der Waals surface area contributed by atoms with Gasteiger partial charge in [0.15, 0.2) is 0 Å². The summed E-state index contributed by atoms with van der Waals surface area (Å²) < 4.78 is 0. The highest BCUT2D eigenvalue weighted by atomic mass is 16.3. The van der Waals surface area contributed by atoms with Crippen molar-refractivity contribution in [3.63, 3.8) is 0 Å². The molecule has 0 spiro atoms. The predicted octanol–water partition coefficient (Wildman–Crippen LogP) is 1.73. The first kappa shape index (κ1) is 13.3. The van der Waals surface area contributed by atoms with Crippen molar-refractivity contribution in [1.29, 1.82) is 0 Å². The van der Waals surface area contributed by atoms with Crippen LogP contribution in [0.5, 0.6) is 0 Å². The maximum absolute atomic E-state index is 9.71. The summed E-state index contributed by atoms with van der Waals surface area (Å²) in [6, 6.07) is 4.05. The van der Waals surface area contributed by atoms with E-state index < -0.39 is 6.10 Å². The lowest BCUT2D eigenvalue weighted by molar-refractivity contribution is 0.169. The average molecular weight is 250 g/mol. The van der Waals surface area contributed by atoms with E-state index in [0.717, 1.165) is 18.7 Å². The third-order valence-electron chi connectivity index (χ3n) is 3.90. The summed E-state index contributed by atoms with van der Waals surface area (Å²) in [5.41, 5.74) is 1.75. The Morgan fingerprint density at radius 3 is 2.83 bits per heavy atom. The van der Waals surface area contributed by atoms with Crippen molar-refractivity contribution < 1.29 is 10.2 Å². The Labute approximate surface area is 108 Å². The second-order valence-electron chi connectivity index (χ2n) is 5.07. The monoisotopic (exact) mass is 250 g/mol. The molecule has 100 valence electrons. The number of pyridine rings is 1. The van der Waals surface area contributed by atoms with Crippen LogP contribution in [0.2, 0.25) is 0 Å². The van der Waals surface area contributed by atoms with Crippen LogP contribution in [0.15, 0.2) is 18.3 Å². The highest BCUT2D eigenvalue weighted by Gasteiger charge is 2.30. The summed E-state index contributed by atoms with van der Waals surface area (Å²) in [6.45, 7) is 5.25. The van der Waals surface area contributed by atoms with Crippen LogP contribution in [0.3, 0.4) is 0 Å². The van der Waals surface area contributed by atoms with E-state index in [4.69, 9.17) is 0 Å². The third kappa shape index (κ3) is 2.49. The number of nitrogens with zero attached hydrogens (tertiary/aromatic N) is 2. The lowest BCUT2D eigenvalue weighted by atomic mass is 10.0. The molecule has 1 aliphatic rings. The molecule has 18 heavy (non-hydrogen) atoms. The van der Waals surface area contributed by atoms with E-state index >= 15 is 0 Å². The fourth-order valence-electron chi connectivity index (χ4n) is 2.58. The highest BCUT2D eigenvalue weighted by Crippen LogP contribution is 2.29. The molecule has 4 nitrogen and oxygen atoms in total. The van der Waals surface area contributed by atoms with Crippen molar-refractivity contribution >= 4 is 5.69 Å². The normalized spacial score (nSPS) is 25.4. The van der Waals surface area contributed by atoms with Crippen LogP contribution in [0, 0.1) is 5.92 Å². The lowest BCUT2D eigenvalue weighted by Gasteiger charge is -2.27. The fourth-order valence-corrected chi connectivity index (χ4v) is 2.58. The minimum Gasteiger partial charge on any atom is -0.394 e. The zero-order valence-electron chi connectivity index (χ0n) is 11.1. The van der Waals surface area contributed by atoms with Gasteiger partial charge in [0.05, 0.1) is 36.3 Å². The van der Waals surface area contributed by atoms with Gasteiger partial charge < -0.3 is 15.1 Å². The van der Waals surface area contributed by atoms with Crippen molar-refractivity contribution in [1.82, 2.24) is 4.98 Å². The number of hydrogen-bond acceptors (Lipinski definition) is 4. The van der Waals surface area contributed by atoms with Crippen LogP contribution in [-0.4, -0.2) is 34.4 Å². The molecule has 1 aromatic heterocycles. The second-order valence-corrected chi connectivity index (χ2v) is 5.07. The molecule has 0 aliphatic carbocycles. The Morgan fingerprint density at radius 1 is 1.50 bits per heavy atom. The van der Waals surface area contributed by atoms with E-state index in [1.807, 2.05) is 19.1 Å². The summed E-state index contributed by atoms with van der Waals surface area (Å²) in [7, 11) is 0. The quantitative estimate of drug-likeness (QED) is 0.854. The first-order valence-electron chi connectivity index (χ1n) is 6.68. The van der Waals surface area contributed by atoms with Crippen molar-refractivity contribution in [3.05, 3.63) is 24.0 Å². The van der Waals surface area contributed by atoms with Gasteiger partial charge in [-0.1, -0.05) is 13.8 Å². The van der Waals surface area contributed by atoms with E-state index in [-0.39, 0.29) is 12.6 Å². The van der Waals surface area contributed by atoms with Crippen LogP contribution in [0.4, 0.5) is 5.69 Å². The molecule has 0 amide bonds. The summed E-state index contributed by atoms with van der Waals surface area (Å²) in [4.78, 5) is 6.52. The minimum absolute atomic E-state index is 0.181. The van der Waals surface area contributed by atoms with Gasteiger partial charge in [0.2, 0.25) is 0 Å². The van der Waals surface area contributed by atoms with E-state index in [0.29, 0.717) is 18.0 Å². The summed E-state index contributed by atoms with van der Waals surface area (Å²) in [5.74, 6) is 0.510. The first-order chi connectivity index (χ1) is 8.67. The fraction of sp³-hybridized carbons (Fsp3) is 0.643. The molecule has 2 rings (SSSR count). The first-order valence-corrected chi connectivity index (χ1v) is 6.68. The molecule has 1 saturated heterocycles. The van der Waals surface area contributed by atoms with Crippen molar-refractivity contribution in [3.8, 4) is 0 Å². The molecule has 1 fully saturated rings. The van der Waals surface area contributed by atoms with Crippen LogP contribution >= 0.6 is 0 Å². The topological polar surface area (TPSA) is 56.6 Å². The smallest absolute Gasteiger partial charge is 0.0957 e. The van der Waals surface area contributed by atoms with Gasteiger partial charge in [0.1, 0.15) is 0 Å². The molecular weight excluding hydrogens is 228 g/mol. The predicted molar refractivity (Wildman–Crippen MR) is 71.5 cm³/mol. The molecule has 2 N–H and O–H groups in total. The van der Waals surface area contributed by atoms with Gasteiger partial charge in [-0.2, -0.15) is 0 Å². The summed E-state index contributed by atoms with van der Waals surface area (Å²) >= 11 is 0. The SMILES string of the molecule is CC[C@H](O)c1ccc(N2CCC(C)C2CO)cn1. The van der Waals surface area contributed by atoms with Gasteiger partial charge in [-0.15, -0.1) is 0 Å². The molecule has 4 heteroatoms. The highest BCUT2D eigenvalue weighted by molar-refractivity contribution is 5.47. The molecule has 0 bridgehead atoms. The number of aliphatic hydroxyl groups is 2. The number of hydrogen-bond donors (Lipinski definition) is 2. The number of rotatable bonds is 4. The minimum atomic E-state index is -0.481. The molecule has 0 saturated carbocycles. The van der Waals surface area contributed by atoms with Gasteiger partial charge in [0, 0.05) is 6.54 Å². The van der Waals surface area contributed by atoms with Crippen LogP contribution in [0.1, 0.15) is 38.5 Å². The lowest BCUT2D eigenvalue weighted by Crippen LogP contribution is -2.35. The number of aromatic nitrogens is 1. The second kappa shape index (κ2) is 5.67. The van der Waals surface area contributed by atoms with Crippen molar-refractivity contribution in [2.45, 2.75) is 38.8 Å². The summed E-state index contributed by atoms with van der Waals surface area (Å²) in [6.07, 6.45) is 3.09. The zero-order valence-corrected chi connectivity index (χ0v) is 11.1. The van der Waals surface area contributed by atoms with E-state index in [9.17, 15) is 10.2 Å². The molecule has 2 heterocycles. The van der Waals surface area contributed by atoms with Crippen molar-refractivity contribution in [2.75, 3.05) is 18.1 Å². The van der Waals surface area contributed by atoms with Crippen molar-refractivity contribution in [2.24, 2.45) is 5.92 Å². The molecular formula is C14H22N2O2. The van der Waals surface area contributed by atoms with E-state index in [1.54, 1.807) is 6.20 Å². The summed E-state index contributed by atoms with van der Waals surface area (Å²) in [5, 5.41) is 19.2.